The fraction of sp³-hybridized carbons (Fsp3) is 0.761. The highest BCUT2D eigenvalue weighted by Gasteiger charge is 2.33. The van der Waals surface area contributed by atoms with E-state index < -0.39 is 12.1 Å². The van der Waals surface area contributed by atoms with Crippen molar-refractivity contribution in [3.63, 3.8) is 0 Å². The van der Waals surface area contributed by atoms with Gasteiger partial charge in [-0.2, -0.15) is 15.0 Å². The van der Waals surface area contributed by atoms with Gasteiger partial charge in [-0.3, -0.25) is 9.59 Å². The first-order valence-electron chi connectivity index (χ1n) is 24.9. The van der Waals surface area contributed by atoms with E-state index in [2.05, 4.69) is 69.4 Å². The Morgan fingerprint density at radius 1 is 0.657 bits per heavy atom. The van der Waals surface area contributed by atoms with Crippen LogP contribution in [0, 0.1) is 24.2 Å². The van der Waals surface area contributed by atoms with Crippen molar-refractivity contribution < 1.29 is 36.2 Å². The van der Waals surface area contributed by atoms with E-state index in [1.54, 1.807) is 9.36 Å². The molecule has 0 bridgehead atoms. The molecule has 2 fully saturated rings. The van der Waals surface area contributed by atoms with E-state index in [9.17, 15) is 9.59 Å². The summed E-state index contributed by atoms with van der Waals surface area (Å²) in [5.74, 6) is 4.57. The Kier molecular flexibility index (Phi) is 25.4. The molecule has 392 valence electrons. The van der Waals surface area contributed by atoms with Crippen LogP contribution in [-0.4, -0.2) is 178 Å². The van der Waals surface area contributed by atoms with Gasteiger partial charge < -0.3 is 74.5 Å². The van der Waals surface area contributed by atoms with E-state index in [1.807, 2.05) is 22.2 Å². The zero-order valence-corrected chi connectivity index (χ0v) is 42.7. The lowest BCUT2D eigenvalue weighted by atomic mass is 10.0. The van der Waals surface area contributed by atoms with Crippen LogP contribution in [0.3, 0.4) is 0 Å². The largest absolute Gasteiger partial charge is 1.00 e. The molecule has 2 saturated heterocycles. The first-order valence-corrected chi connectivity index (χ1v) is 24.9. The van der Waals surface area contributed by atoms with Gasteiger partial charge in [-0.25, -0.2) is 9.36 Å². The number of unbranched alkanes of at least 4 members (excludes halogenated alkanes) is 2. The van der Waals surface area contributed by atoms with Gasteiger partial charge in [0.15, 0.2) is 0 Å². The molecule has 0 aromatic carbocycles. The molecule has 2 aliphatic heterocycles. The number of hydrogen-bond acceptors (Lipinski definition) is 19. The van der Waals surface area contributed by atoms with Gasteiger partial charge in [0.25, 0.3) is 0 Å². The molecular formula is C46H80ClN18O5-. The van der Waals surface area contributed by atoms with Crippen molar-refractivity contribution >= 4 is 29.7 Å². The highest BCUT2D eigenvalue weighted by molar-refractivity contribution is 5.81. The number of piperazine rings is 2. The predicted molar refractivity (Wildman–Crippen MR) is 264 cm³/mol. The second-order valence-corrected chi connectivity index (χ2v) is 18.6. The average molecular weight is 1000 g/mol. The van der Waals surface area contributed by atoms with Gasteiger partial charge >= 0.3 is 0 Å². The topological polar surface area (TPSA) is 291 Å². The lowest BCUT2D eigenvalue weighted by molar-refractivity contribution is -0.136. The SMILES string of the molecule is C#CCOCCOCCOCCNc1nc(N2CCN(C(=O)C(CCCCN)n3cc(C(N)CC(C)C)nn3)CC2)nc(N2CCN(C(=O)C(CCCCN)n3cc(C(N)CC(C)C)nn3)CC2)n1.[Cl-]. The summed E-state index contributed by atoms with van der Waals surface area (Å²) in [5.41, 5.74) is 25.9. The zero-order valence-electron chi connectivity index (χ0n) is 41.9. The van der Waals surface area contributed by atoms with Crippen LogP contribution in [0.15, 0.2) is 12.4 Å². The van der Waals surface area contributed by atoms with E-state index >= 15 is 0 Å². The summed E-state index contributed by atoms with van der Waals surface area (Å²) in [6.07, 6.45) is 14.7. The van der Waals surface area contributed by atoms with Crippen LogP contribution in [0.2, 0.25) is 0 Å². The molecule has 0 spiro atoms. The molecule has 23 nitrogen and oxygen atoms in total. The number of terminal acetylenes is 1. The number of rotatable bonds is 31. The number of nitrogens with two attached hydrogens (primary N) is 4. The number of aromatic nitrogens is 9. The summed E-state index contributed by atoms with van der Waals surface area (Å²) in [7, 11) is 0. The molecule has 2 amide bonds. The van der Waals surface area contributed by atoms with Crippen molar-refractivity contribution in [2.24, 2.45) is 34.8 Å². The van der Waals surface area contributed by atoms with Gasteiger partial charge in [-0.1, -0.05) is 44.0 Å². The van der Waals surface area contributed by atoms with E-state index in [-0.39, 0.29) is 42.9 Å². The Hall–Kier alpha value is -4.80. The Morgan fingerprint density at radius 3 is 1.50 bits per heavy atom. The van der Waals surface area contributed by atoms with E-state index in [4.69, 9.17) is 58.5 Å². The van der Waals surface area contributed by atoms with E-state index in [1.165, 1.54) is 0 Å². The minimum atomic E-state index is -0.523. The number of halogens is 1. The van der Waals surface area contributed by atoms with Gasteiger partial charge in [0.1, 0.15) is 18.7 Å². The normalized spacial score (nSPS) is 16.0. The molecule has 0 saturated carbocycles. The monoisotopic (exact) mass is 1000 g/mol. The second kappa shape index (κ2) is 30.8. The smallest absolute Gasteiger partial charge is 0.247 e. The van der Waals surface area contributed by atoms with Gasteiger partial charge in [-0.15, -0.1) is 16.6 Å². The number of nitrogens with zero attached hydrogens (tertiary/aromatic N) is 13. The Morgan fingerprint density at radius 2 is 1.09 bits per heavy atom. The Bertz CT molecular complexity index is 1880. The van der Waals surface area contributed by atoms with Crippen LogP contribution in [0.25, 0.3) is 0 Å². The molecular weight excluding hydrogens is 920 g/mol. The quantitative estimate of drug-likeness (QED) is 0.0354. The van der Waals surface area contributed by atoms with Gasteiger partial charge in [-0.05, 0) is 76.3 Å². The summed E-state index contributed by atoms with van der Waals surface area (Å²) in [6.45, 7) is 16.2. The van der Waals surface area contributed by atoms with Gasteiger partial charge in [0, 0.05) is 58.9 Å². The Labute approximate surface area is 420 Å². The number of carbonyl (C=O) groups excluding carboxylic acids is 2. The van der Waals surface area contributed by atoms with E-state index in [0.29, 0.717) is 159 Å². The van der Waals surface area contributed by atoms with E-state index in [0.717, 1.165) is 38.5 Å². The summed E-state index contributed by atoms with van der Waals surface area (Å²) in [4.78, 5) is 51.1. The number of carbonyl (C=O) groups is 2. The van der Waals surface area contributed by atoms with Crippen LogP contribution in [0.1, 0.15) is 115 Å². The molecule has 9 N–H and O–H groups in total. The summed E-state index contributed by atoms with van der Waals surface area (Å²) in [6, 6.07) is -1.57. The first kappa shape index (κ1) is 57.8. The number of nitrogens with one attached hydrogen (secondary N) is 1. The number of hydrogen-bond donors (Lipinski definition) is 5. The maximum atomic E-state index is 14.2. The molecule has 70 heavy (non-hydrogen) atoms. The second-order valence-electron chi connectivity index (χ2n) is 18.6. The molecule has 5 rings (SSSR count). The van der Waals surface area contributed by atoms with Crippen molar-refractivity contribution in [2.45, 2.75) is 103 Å². The molecule has 3 aromatic rings. The first-order chi connectivity index (χ1) is 33.4. The van der Waals surface area contributed by atoms with Crippen LogP contribution in [0.5, 0.6) is 0 Å². The number of ether oxygens (including phenoxy) is 3. The minimum Gasteiger partial charge on any atom is -1.00 e. The van der Waals surface area contributed by atoms with Crippen molar-refractivity contribution in [1.29, 1.82) is 0 Å². The zero-order chi connectivity index (χ0) is 49.5. The van der Waals surface area contributed by atoms with Crippen molar-refractivity contribution in [2.75, 3.05) is 127 Å². The molecule has 0 radical (unpaired) electrons. The predicted octanol–water partition coefficient (Wildman–Crippen LogP) is -1.72. The standard InChI is InChI=1S/C46H80N18O5.ClH/c1-6-24-67-26-28-69-29-27-68-25-15-51-44-52-45(61-20-16-59(17-21-61)42(65)40(11-7-9-13-47)63-32-38(55-57-63)36(49)30-34(2)3)54-46(53-44)62-22-18-60(19-23-62)43(66)41(12-8-10-14-48)64-33-39(56-58-64)37(50)31-35(4)5;/h1,32-37,40-41H,7-31,47-50H2,2-5H3,(H,51,52,53,54);1H/p-1. The van der Waals surface area contributed by atoms with Crippen molar-refractivity contribution in [3.8, 4) is 12.3 Å². The third kappa shape index (κ3) is 18.1. The average Bonchev–Trinajstić information content (AvgIpc) is 4.05. The van der Waals surface area contributed by atoms with Crippen molar-refractivity contribution in [1.82, 2.24) is 54.7 Å². The maximum Gasteiger partial charge on any atom is 0.247 e. The highest BCUT2D eigenvalue weighted by atomic mass is 35.5. The highest BCUT2D eigenvalue weighted by Crippen LogP contribution is 2.26. The third-order valence-corrected chi connectivity index (χ3v) is 12.2. The molecule has 4 atom stereocenters. The van der Waals surface area contributed by atoms with Crippen LogP contribution < -0.4 is 50.5 Å². The Balaban J connectivity index is 0.0000107. The third-order valence-electron chi connectivity index (χ3n) is 12.2. The summed E-state index contributed by atoms with van der Waals surface area (Å²) in [5, 5.41) is 20.8. The fourth-order valence-electron chi connectivity index (χ4n) is 8.38. The number of amides is 2. The number of anilines is 3. The van der Waals surface area contributed by atoms with Crippen LogP contribution in [-0.2, 0) is 23.8 Å². The molecule has 5 heterocycles. The molecule has 2 aliphatic rings. The summed E-state index contributed by atoms with van der Waals surface area (Å²) >= 11 is 0. The van der Waals surface area contributed by atoms with Crippen LogP contribution >= 0.6 is 0 Å². The van der Waals surface area contributed by atoms with Crippen LogP contribution in [0.4, 0.5) is 17.8 Å². The summed E-state index contributed by atoms with van der Waals surface area (Å²) < 4.78 is 19.9. The van der Waals surface area contributed by atoms with Gasteiger partial charge in [0.2, 0.25) is 29.7 Å². The fourth-order valence-corrected chi connectivity index (χ4v) is 8.38. The minimum absolute atomic E-state index is 0. The van der Waals surface area contributed by atoms with Crippen molar-refractivity contribution in [3.05, 3.63) is 23.8 Å². The molecule has 0 aliphatic carbocycles. The lowest BCUT2D eigenvalue weighted by Gasteiger charge is -2.38. The maximum absolute atomic E-state index is 14.2. The molecule has 24 heteroatoms. The molecule has 3 aromatic heterocycles. The van der Waals surface area contributed by atoms with Gasteiger partial charge in [0.05, 0.1) is 68.9 Å². The lowest BCUT2D eigenvalue weighted by Crippen LogP contribution is -3.00. The molecule has 4 unspecified atom stereocenters.